The topological polar surface area (TPSA) is 73.8 Å². The summed E-state index contributed by atoms with van der Waals surface area (Å²) in [6.07, 6.45) is 2.88. The zero-order chi connectivity index (χ0) is 21.4. The van der Waals surface area contributed by atoms with E-state index in [0.29, 0.717) is 49.1 Å². The lowest BCUT2D eigenvalue weighted by atomic mass is 10.2. The summed E-state index contributed by atoms with van der Waals surface area (Å²) in [7, 11) is -3.51. The van der Waals surface area contributed by atoms with Crippen molar-refractivity contribution >= 4 is 40.0 Å². The maximum Gasteiger partial charge on any atom is 0.243 e. The molecule has 0 radical (unpaired) electrons. The van der Waals surface area contributed by atoms with Crippen LogP contribution in [0, 0.1) is 5.82 Å². The van der Waals surface area contributed by atoms with Crippen molar-refractivity contribution in [2.24, 2.45) is 4.99 Å². The summed E-state index contributed by atoms with van der Waals surface area (Å²) >= 11 is 0. The number of benzene rings is 2. The Hall–Kier alpha value is -1.72. The van der Waals surface area contributed by atoms with Gasteiger partial charge in [-0.05, 0) is 49.1 Å². The van der Waals surface area contributed by atoms with Crippen molar-refractivity contribution in [1.82, 2.24) is 14.9 Å². The lowest BCUT2D eigenvalue weighted by Crippen LogP contribution is -2.38. The molecule has 2 N–H and O–H groups in total. The second kappa shape index (κ2) is 12.4. The molecule has 31 heavy (non-hydrogen) atoms. The Balaban J connectivity index is 0.00000341. The number of hydrogen-bond acceptors (Lipinski definition) is 3. The zero-order valence-corrected chi connectivity index (χ0v) is 20.8. The minimum Gasteiger partial charge on any atom is -0.357 e. The Labute approximate surface area is 201 Å². The van der Waals surface area contributed by atoms with E-state index < -0.39 is 10.0 Å². The van der Waals surface area contributed by atoms with Gasteiger partial charge >= 0.3 is 0 Å². The minimum atomic E-state index is -3.51. The molecule has 0 bridgehead atoms. The molecular weight excluding hydrogens is 530 g/mol. The van der Waals surface area contributed by atoms with Gasteiger partial charge in [-0.15, -0.1) is 24.0 Å². The number of aliphatic imine (C=N–C) groups is 1. The van der Waals surface area contributed by atoms with Gasteiger partial charge in [0.05, 0.1) is 11.4 Å². The number of sulfonamides is 1. The van der Waals surface area contributed by atoms with Crippen LogP contribution in [0.3, 0.4) is 0 Å². The molecule has 1 aliphatic heterocycles. The van der Waals surface area contributed by atoms with E-state index in [-0.39, 0.29) is 29.8 Å². The first kappa shape index (κ1) is 25.5. The highest BCUT2D eigenvalue weighted by Crippen LogP contribution is 2.23. The van der Waals surface area contributed by atoms with E-state index >= 15 is 0 Å². The van der Waals surface area contributed by atoms with Crippen LogP contribution in [0.25, 0.3) is 0 Å². The van der Waals surface area contributed by atoms with Crippen LogP contribution < -0.4 is 10.6 Å². The fraction of sp³-hybridized carbons (Fsp3) is 0.409. The molecule has 0 aromatic heterocycles. The summed E-state index contributed by atoms with van der Waals surface area (Å²) in [4.78, 5) is 4.86. The van der Waals surface area contributed by atoms with E-state index in [1.165, 1.54) is 12.1 Å². The molecule has 1 aliphatic rings. The average molecular weight is 560 g/mol. The van der Waals surface area contributed by atoms with E-state index in [1.54, 1.807) is 28.6 Å². The molecule has 2 aromatic rings. The standard InChI is InChI=1S/C22H29FN4O2S.HI/c1-2-24-22(25-16-18-10-12-20(23)13-11-18)26-17-19-8-4-5-9-21(19)30(28,29)27-14-6-3-7-15-27;/h4-5,8-13H,2-3,6-7,14-17H2,1H3,(H2,24,25,26);1H. The van der Waals surface area contributed by atoms with Crippen LogP contribution in [-0.4, -0.2) is 38.3 Å². The third-order valence-corrected chi connectivity index (χ3v) is 7.03. The largest absolute Gasteiger partial charge is 0.357 e. The van der Waals surface area contributed by atoms with Gasteiger partial charge < -0.3 is 10.6 Å². The van der Waals surface area contributed by atoms with E-state index in [0.717, 1.165) is 24.8 Å². The molecule has 0 spiro atoms. The predicted octanol–water partition coefficient (Wildman–Crippen LogP) is 3.87. The number of nitrogens with zero attached hydrogens (tertiary/aromatic N) is 2. The Bertz CT molecular complexity index is 962. The second-order valence-corrected chi connectivity index (χ2v) is 9.15. The van der Waals surface area contributed by atoms with Gasteiger partial charge in [0.2, 0.25) is 10.0 Å². The molecule has 0 amide bonds. The quantitative estimate of drug-likeness (QED) is 0.307. The van der Waals surface area contributed by atoms with Crippen molar-refractivity contribution in [1.29, 1.82) is 0 Å². The normalized spacial score (nSPS) is 15.2. The number of rotatable bonds is 7. The lowest BCUT2D eigenvalue weighted by Gasteiger charge is -2.27. The molecule has 170 valence electrons. The highest BCUT2D eigenvalue weighted by atomic mass is 127. The highest BCUT2D eigenvalue weighted by Gasteiger charge is 2.27. The molecule has 0 aliphatic carbocycles. The van der Waals surface area contributed by atoms with Crippen molar-refractivity contribution in [3.63, 3.8) is 0 Å². The van der Waals surface area contributed by atoms with Crippen molar-refractivity contribution in [2.45, 2.75) is 44.2 Å². The Morgan fingerprint density at radius 3 is 2.39 bits per heavy atom. The van der Waals surface area contributed by atoms with Crippen LogP contribution in [0.2, 0.25) is 0 Å². The predicted molar refractivity (Wildman–Crippen MR) is 133 cm³/mol. The molecule has 0 atom stereocenters. The first-order chi connectivity index (χ1) is 14.5. The van der Waals surface area contributed by atoms with Gasteiger partial charge in [-0.25, -0.2) is 17.8 Å². The van der Waals surface area contributed by atoms with E-state index in [1.807, 2.05) is 19.1 Å². The zero-order valence-electron chi connectivity index (χ0n) is 17.7. The molecular formula is C22H30FIN4O2S. The molecule has 9 heteroatoms. The van der Waals surface area contributed by atoms with Crippen LogP contribution in [0.5, 0.6) is 0 Å². The Morgan fingerprint density at radius 1 is 1.03 bits per heavy atom. The maximum atomic E-state index is 13.1. The Kier molecular flexibility index (Phi) is 10.2. The fourth-order valence-corrected chi connectivity index (χ4v) is 5.17. The third-order valence-electron chi connectivity index (χ3n) is 5.03. The van der Waals surface area contributed by atoms with E-state index in [4.69, 9.17) is 0 Å². The van der Waals surface area contributed by atoms with Crippen LogP contribution in [0.1, 0.15) is 37.3 Å². The molecule has 0 unspecified atom stereocenters. The number of nitrogens with one attached hydrogen (secondary N) is 2. The monoisotopic (exact) mass is 560 g/mol. The van der Waals surface area contributed by atoms with Gasteiger partial charge in [-0.2, -0.15) is 4.31 Å². The fourth-order valence-electron chi connectivity index (χ4n) is 3.43. The average Bonchev–Trinajstić information content (AvgIpc) is 2.77. The Morgan fingerprint density at radius 2 is 1.71 bits per heavy atom. The molecule has 3 rings (SSSR count). The minimum absolute atomic E-state index is 0. The van der Waals surface area contributed by atoms with Crippen molar-refractivity contribution < 1.29 is 12.8 Å². The van der Waals surface area contributed by atoms with E-state index in [2.05, 4.69) is 15.6 Å². The van der Waals surface area contributed by atoms with Gasteiger partial charge in [-0.3, -0.25) is 0 Å². The molecule has 6 nitrogen and oxygen atoms in total. The molecule has 1 heterocycles. The summed E-state index contributed by atoms with van der Waals surface area (Å²) < 4.78 is 40.9. The van der Waals surface area contributed by atoms with Gasteiger partial charge in [-0.1, -0.05) is 36.8 Å². The number of guanidine groups is 1. The van der Waals surface area contributed by atoms with E-state index in [9.17, 15) is 12.8 Å². The first-order valence-electron chi connectivity index (χ1n) is 10.4. The summed E-state index contributed by atoms with van der Waals surface area (Å²) in [6, 6.07) is 13.3. The van der Waals surface area contributed by atoms with Gasteiger partial charge in [0.1, 0.15) is 5.82 Å². The lowest BCUT2D eigenvalue weighted by molar-refractivity contribution is 0.346. The molecule has 1 fully saturated rings. The van der Waals surface area contributed by atoms with Crippen LogP contribution in [0.15, 0.2) is 58.4 Å². The summed E-state index contributed by atoms with van der Waals surface area (Å²) in [5, 5.41) is 6.38. The molecule has 0 saturated carbocycles. The second-order valence-electron chi connectivity index (χ2n) is 7.25. The van der Waals surface area contributed by atoms with Crippen LogP contribution in [0.4, 0.5) is 4.39 Å². The molecule has 1 saturated heterocycles. The third kappa shape index (κ3) is 7.15. The SMILES string of the molecule is CCNC(=NCc1ccc(F)cc1)NCc1ccccc1S(=O)(=O)N1CCCCC1.I. The number of piperidine rings is 1. The summed E-state index contributed by atoms with van der Waals surface area (Å²) in [5.74, 6) is 0.297. The van der Waals surface area contributed by atoms with Gasteiger partial charge in [0.15, 0.2) is 5.96 Å². The highest BCUT2D eigenvalue weighted by molar-refractivity contribution is 14.0. The summed E-state index contributed by atoms with van der Waals surface area (Å²) in [6.45, 7) is 4.51. The van der Waals surface area contributed by atoms with Gasteiger partial charge in [0, 0.05) is 26.2 Å². The van der Waals surface area contributed by atoms with Gasteiger partial charge in [0.25, 0.3) is 0 Å². The van der Waals surface area contributed by atoms with Crippen molar-refractivity contribution in [3.05, 3.63) is 65.5 Å². The van der Waals surface area contributed by atoms with Crippen LogP contribution in [-0.2, 0) is 23.1 Å². The van der Waals surface area contributed by atoms with Crippen LogP contribution >= 0.6 is 24.0 Å². The smallest absolute Gasteiger partial charge is 0.243 e. The number of hydrogen-bond donors (Lipinski definition) is 2. The van der Waals surface area contributed by atoms with Crippen molar-refractivity contribution in [3.8, 4) is 0 Å². The maximum absolute atomic E-state index is 13.1. The molecule has 2 aromatic carbocycles. The first-order valence-corrected chi connectivity index (χ1v) is 11.8. The number of halogens is 2. The summed E-state index contributed by atoms with van der Waals surface area (Å²) in [5.41, 5.74) is 1.59. The van der Waals surface area contributed by atoms with Crippen molar-refractivity contribution in [2.75, 3.05) is 19.6 Å².